The lowest BCUT2D eigenvalue weighted by Gasteiger charge is -2.35. The first-order valence-electron chi connectivity index (χ1n) is 5.27. The average Bonchev–Trinajstić information content (AvgIpc) is 2.20. The minimum atomic E-state index is -5.79. The molecule has 114 valence electrons. The fourth-order valence-corrected chi connectivity index (χ4v) is 1.76. The molecule has 4 N–H and O–H groups in total. The lowest BCUT2D eigenvalue weighted by molar-refractivity contribution is -0.344. The summed E-state index contributed by atoms with van der Waals surface area (Å²) in [5, 5.41) is 0. The smallest absolute Gasteiger partial charge is 0.399 e. The maximum absolute atomic E-state index is 12.7. The van der Waals surface area contributed by atoms with E-state index in [2.05, 4.69) is 0 Å². The van der Waals surface area contributed by atoms with Crippen molar-refractivity contribution < 1.29 is 30.7 Å². The van der Waals surface area contributed by atoms with Gasteiger partial charge in [0.2, 0.25) is 0 Å². The second-order valence-corrected chi connectivity index (χ2v) is 4.40. The van der Waals surface area contributed by atoms with Crippen LogP contribution >= 0.6 is 0 Å². The van der Waals surface area contributed by atoms with Crippen molar-refractivity contribution in [1.29, 1.82) is 0 Å². The van der Waals surface area contributed by atoms with Gasteiger partial charge < -0.3 is 11.5 Å². The zero-order valence-electron chi connectivity index (χ0n) is 9.95. The van der Waals surface area contributed by atoms with Crippen LogP contribution in [0.4, 0.5) is 42.1 Å². The third-order valence-electron chi connectivity index (χ3n) is 2.86. The highest BCUT2D eigenvalue weighted by atomic mass is 19.4. The molecule has 0 saturated heterocycles. The van der Waals surface area contributed by atoms with Crippen LogP contribution in [0.25, 0.3) is 0 Å². The van der Waals surface area contributed by atoms with Gasteiger partial charge in [-0.15, -0.1) is 0 Å². The summed E-state index contributed by atoms with van der Waals surface area (Å²) in [6, 6.07) is 2.97. The Hall–Kier alpha value is -1.67. The van der Waals surface area contributed by atoms with E-state index in [1.807, 2.05) is 0 Å². The van der Waals surface area contributed by atoms with Gasteiger partial charge in [-0.3, -0.25) is 0 Å². The largest absolute Gasteiger partial charge is 0.406 e. The Balaban J connectivity index is 3.33. The number of rotatable bonds is 3. The number of nitrogens with two attached hydrogens (primary N) is 2. The molecular formula is C11H11F7N2. The zero-order valence-corrected chi connectivity index (χ0v) is 9.95. The van der Waals surface area contributed by atoms with E-state index < -0.39 is 36.4 Å². The first-order valence-corrected chi connectivity index (χ1v) is 5.27. The second kappa shape index (κ2) is 5.02. The summed E-state index contributed by atoms with van der Waals surface area (Å²) in [6.45, 7) is -2.62. The maximum atomic E-state index is 12.7. The Kier molecular flexibility index (Phi) is 4.12. The van der Waals surface area contributed by atoms with Crippen molar-refractivity contribution in [3.05, 3.63) is 23.8 Å². The number of alkyl halides is 7. The molecule has 0 aliphatic carbocycles. The second-order valence-electron chi connectivity index (χ2n) is 4.40. The molecule has 0 aliphatic heterocycles. The van der Waals surface area contributed by atoms with Gasteiger partial charge in [0.15, 0.2) is 5.41 Å². The van der Waals surface area contributed by atoms with Gasteiger partial charge in [0, 0.05) is 11.4 Å². The summed E-state index contributed by atoms with van der Waals surface area (Å²) in [6.07, 6.45) is -13.2. The maximum Gasteiger partial charge on any atom is 0.406 e. The fraction of sp³-hybridized carbons (Fsp3) is 0.455. The molecule has 20 heavy (non-hydrogen) atoms. The first kappa shape index (κ1) is 16.4. The van der Waals surface area contributed by atoms with Crippen LogP contribution in [-0.2, 0) is 6.42 Å². The third kappa shape index (κ3) is 2.91. The topological polar surface area (TPSA) is 52.0 Å². The Morgan fingerprint density at radius 2 is 1.20 bits per heavy atom. The van der Waals surface area contributed by atoms with Crippen molar-refractivity contribution in [3.63, 3.8) is 0 Å². The molecule has 0 fully saturated rings. The Bertz CT molecular complexity index is 444. The molecule has 0 unspecified atom stereocenters. The molecule has 0 atom stereocenters. The van der Waals surface area contributed by atoms with E-state index in [4.69, 9.17) is 11.5 Å². The van der Waals surface area contributed by atoms with E-state index in [-0.39, 0.29) is 11.4 Å². The number of nitrogen functional groups attached to an aromatic ring is 2. The lowest BCUT2D eigenvalue weighted by atomic mass is 9.81. The Morgan fingerprint density at radius 1 is 0.800 bits per heavy atom. The molecule has 0 bridgehead atoms. The molecule has 2 nitrogen and oxygen atoms in total. The summed E-state index contributed by atoms with van der Waals surface area (Å²) in [5.41, 5.74) is 5.50. The summed E-state index contributed by atoms with van der Waals surface area (Å²) >= 11 is 0. The van der Waals surface area contributed by atoms with E-state index in [0.717, 1.165) is 12.1 Å². The van der Waals surface area contributed by atoms with E-state index >= 15 is 0 Å². The van der Waals surface area contributed by atoms with E-state index in [0.29, 0.717) is 0 Å². The van der Waals surface area contributed by atoms with Gasteiger partial charge in [-0.05, 0) is 30.2 Å². The van der Waals surface area contributed by atoms with Crippen molar-refractivity contribution in [2.24, 2.45) is 5.41 Å². The molecule has 0 spiro atoms. The highest BCUT2D eigenvalue weighted by Crippen LogP contribution is 2.52. The Morgan fingerprint density at radius 3 is 1.50 bits per heavy atom. The van der Waals surface area contributed by atoms with Crippen LogP contribution in [0.2, 0.25) is 0 Å². The van der Waals surface area contributed by atoms with Crippen LogP contribution in [0.3, 0.4) is 0 Å². The third-order valence-corrected chi connectivity index (χ3v) is 2.86. The number of benzene rings is 1. The number of hydrogen-bond acceptors (Lipinski definition) is 2. The molecule has 1 aromatic carbocycles. The number of hydrogen-bond donors (Lipinski definition) is 2. The van der Waals surface area contributed by atoms with Gasteiger partial charge >= 0.3 is 12.4 Å². The monoisotopic (exact) mass is 304 g/mol. The summed E-state index contributed by atoms with van der Waals surface area (Å²) < 4.78 is 89.1. The molecule has 1 aromatic rings. The molecule has 9 heteroatoms. The SMILES string of the molecule is Nc1cc(N)cc(CC(CF)(C(F)(F)F)C(F)(F)F)c1. The zero-order chi connectivity index (χ0) is 15.8. The predicted molar refractivity (Wildman–Crippen MR) is 59.5 cm³/mol. The molecule has 0 aliphatic rings. The summed E-state index contributed by atoms with van der Waals surface area (Å²) in [5.74, 6) is 0. The van der Waals surface area contributed by atoms with Crippen molar-refractivity contribution in [3.8, 4) is 0 Å². The molecule has 0 saturated carbocycles. The summed E-state index contributed by atoms with van der Waals surface area (Å²) in [7, 11) is 0. The van der Waals surface area contributed by atoms with E-state index in [1.165, 1.54) is 6.07 Å². The summed E-state index contributed by atoms with van der Waals surface area (Å²) in [4.78, 5) is 0. The predicted octanol–water partition coefficient (Wildman–Crippen LogP) is 3.47. The normalized spacial score (nSPS) is 13.6. The molecule has 0 radical (unpaired) electrons. The van der Waals surface area contributed by atoms with Crippen LogP contribution in [0, 0.1) is 5.41 Å². The van der Waals surface area contributed by atoms with Crippen molar-refractivity contribution in [1.82, 2.24) is 0 Å². The van der Waals surface area contributed by atoms with Crippen LogP contribution < -0.4 is 11.5 Å². The van der Waals surface area contributed by atoms with Crippen molar-refractivity contribution >= 4 is 11.4 Å². The molecule has 0 amide bonds. The minimum absolute atomic E-state index is 0.0999. The standard InChI is InChI=1S/C11H11F7N2/c12-5-9(10(13,14)15,11(16,17)18)4-6-1-7(19)3-8(20)2-6/h1-3H,4-5,19-20H2. The van der Waals surface area contributed by atoms with Crippen LogP contribution in [0.1, 0.15) is 5.56 Å². The average molecular weight is 304 g/mol. The van der Waals surface area contributed by atoms with Gasteiger partial charge in [-0.25, -0.2) is 4.39 Å². The van der Waals surface area contributed by atoms with Gasteiger partial charge in [0.05, 0.1) is 0 Å². The van der Waals surface area contributed by atoms with Gasteiger partial charge in [-0.1, -0.05) is 0 Å². The van der Waals surface area contributed by atoms with Crippen LogP contribution in [0.5, 0.6) is 0 Å². The van der Waals surface area contributed by atoms with Crippen molar-refractivity contribution in [2.45, 2.75) is 18.8 Å². The van der Waals surface area contributed by atoms with Crippen LogP contribution in [-0.4, -0.2) is 19.0 Å². The van der Waals surface area contributed by atoms with E-state index in [1.54, 1.807) is 0 Å². The molecular weight excluding hydrogens is 293 g/mol. The fourth-order valence-electron chi connectivity index (χ4n) is 1.76. The van der Waals surface area contributed by atoms with Crippen LogP contribution in [0.15, 0.2) is 18.2 Å². The first-order chi connectivity index (χ1) is 8.93. The lowest BCUT2D eigenvalue weighted by Crippen LogP contribution is -2.53. The quantitative estimate of drug-likeness (QED) is 0.663. The van der Waals surface area contributed by atoms with E-state index in [9.17, 15) is 30.7 Å². The molecule has 0 heterocycles. The van der Waals surface area contributed by atoms with Crippen molar-refractivity contribution in [2.75, 3.05) is 18.1 Å². The highest BCUT2D eigenvalue weighted by Gasteiger charge is 2.70. The minimum Gasteiger partial charge on any atom is -0.399 e. The molecule has 1 rings (SSSR count). The van der Waals surface area contributed by atoms with Gasteiger partial charge in [-0.2, -0.15) is 26.3 Å². The Labute approximate surface area is 109 Å². The van der Waals surface area contributed by atoms with Gasteiger partial charge in [0.1, 0.15) is 6.67 Å². The van der Waals surface area contributed by atoms with Gasteiger partial charge in [0.25, 0.3) is 0 Å². The number of halogens is 7. The number of anilines is 2. The molecule has 0 aromatic heterocycles. The highest BCUT2D eigenvalue weighted by molar-refractivity contribution is 5.54.